The van der Waals surface area contributed by atoms with Crippen LogP contribution in [-0.4, -0.2) is 12.7 Å². The van der Waals surface area contributed by atoms with Crippen LogP contribution in [0.1, 0.15) is 90.4 Å². The lowest BCUT2D eigenvalue weighted by molar-refractivity contribution is 0.0150. The zero-order chi connectivity index (χ0) is 14.5. The lowest BCUT2D eigenvalue weighted by Crippen LogP contribution is -2.22. The van der Waals surface area contributed by atoms with Crippen LogP contribution < -0.4 is 0 Å². The van der Waals surface area contributed by atoms with Crippen LogP contribution in [0.2, 0.25) is 0 Å². The molecule has 4 unspecified atom stereocenters. The SMILES string of the molecule is CCCC(CC1CC2CCC1C2)OCCC1CCCCC1. The van der Waals surface area contributed by atoms with Gasteiger partial charge in [-0.2, -0.15) is 0 Å². The maximum absolute atomic E-state index is 6.35. The van der Waals surface area contributed by atoms with Gasteiger partial charge in [0.1, 0.15) is 0 Å². The molecule has 0 amide bonds. The molecule has 0 N–H and O–H groups in total. The van der Waals surface area contributed by atoms with Crippen molar-refractivity contribution in [3.05, 3.63) is 0 Å². The highest BCUT2D eigenvalue weighted by molar-refractivity contribution is 4.90. The van der Waals surface area contributed by atoms with Crippen molar-refractivity contribution in [1.29, 1.82) is 0 Å². The van der Waals surface area contributed by atoms with Crippen molar-refractivity contribution < 1.29 is 4.74 Å². The molecular formula is C20H36O. The summed E-state index contributed by atoms with van der Waals surface area (Å²) in [4.78, 5) is 0. The van der Waals surface area contributed by atoms with Gasteiger partial charge in [-0.25, -0.2) is 0 Å². The summed E-state index contributed by atoms with van der Waals surface area (Å²) in [6.45, 7) is 3.36. The second kappa shape index (κ2) is 7.99. The Morgan fingerprint density at radius 1 is 1.00 bits per heavy atom. The Balaban J connectivity index is 1.37. The molecule has 4 atom stereocenters. The van der Waals surface area contributed by atoms with Gasteiger partial charge in [0.25, 0.3) is 0 Å². The molecule has 2 bridgehead atoms. The summed E-state index contributed by atoms with van der Waals surface area (Å²) >= 11 is 0. The Morgan fingerprint density at radius 2 is 1.86 bits per heavy atom. The third kappa shape index (κ3) is 4.47. The van der Waals surface area contributed by atoms with Crippen LogP contribution in [-0.2, 0) is 4.74 Å². The first-order valence-corrected chi connectivity index (χ1v) is 9.96. The Bertz CT molecular complexity index is 294. The van der Waals surface area contributed by atoms with Crippen LogP contribution in [0.4, 0.5) is 0 Å². The van der Waals surface area contributed by atoms with Gasteiger partial charge in [-0.3, -0.25) is 0 Å². The standard InChI is InChI=1S/C20H36O/c1-2-6-20(15-19-14-17-9-10-18(19)13-17)21-12-11-16-7-4-3-5-8-16/h16-20H,2-15H2,1H3. The van der Waals surface area contributed by atoms with Gasteiger partial charge in [-0.1, -0.05) is 51.9 Å². The largest absolute Gasteiger partial charge is 0.378 e. The first kappa shape index (κ1) is 15.8. The minimum absolute atomic E-state index is 0.572. The van der Waals surface area contributed by atoms with E-state index in [0.29, 0.717) is 6.10 Å². The average molecular weight is 293 g/mol. The predicted molar refractivity (Wildman–Crippen MR) is 89.4 cm³/mol. The molecule has 0 aromatic heterocycles. The first-order valence-electron chi connectivity index (χ1n) is 9.96. The van der Waals surface area contributed by atoms with Crippen molar-refractivity contribution in [3.8, 4) is 0 Å². The molecule has 0 heterocycles. The van der Waals surface area contributed by atoms with Crippen LogP contribution in [0.25, 0.3) is 0 Å². The summed E-state index contributed by atoms with van der Waals surface area (Å²) in [6, 6.07) is 0. The van der Waals surface area contributed by atoms with E-state index in [9.17, 15) is 0 Å². The number of hydrogen-bond acceptors (Lipinski definition) is 1. The van der Waals surface area contributed by atoms with Crippen molar-refractivity contribution in [1.82, 2.24) is 0 Å². The van der Waals surface area contributed by atoms with Crippen LogP contribution in [0, 0.1) is 23.7 Å². The summed E-state index contributed by atoms with van der Waals surface area (Å²) in [5, 5.41) is 0. The van der Waals surface area contributed by atoms with E-state index in [2.05, 4.69) is 6.92 Å². The fourth-order valence-electron chi connectivity index (χ4n) is 5.47. The third-order valence-electron chi connectivity index (χ3n) is 6.67. The summed E-state index contributed by atoms with van der Waals surface area (Å²) in [7, 11) is 0. The van der Waals surface area contributed by atoms with Gasteiger partial charge in [-0.15, -0.1) is 0 Å². The first-order chi connectivity index (χ1) is 10.3. The molecule has 0 radical (unpaired) electrons. The van der Waals surface area contributed by atoms with Crippen LogP contribution in [0.3, 0.4) is 0 Å². The highest BCUT2D eigenvalue weighted by atomic mass is 16.5. The summed E-state index contributed by atoms with van der Waals surface area (Å²) in [6.07, 6.45) is 19.3. The average Bonchev–Trinajstić information content (AvgIpc) is 3.11. The quantitative estimate of drug-likeness (QED) is 0.535. The molecule has 1 heteroatoms. The van der Waals surface area contributed by atoms with Crippen molar-refractivity contribution in [2.24, 2.45) is 23.7 Å². The van der Waals surface area contributed by atoms with E-state index in [0.717, 1.165) is 30.3 Å². The highest BCUT2D eigenvalue weighted by Gasteiger charge is 2.40. The summed E-state index contributed by atoms with van der Waals surface area (Å²) in [5.74, 6) is 4.14. The molecule has 3 rings (SSSR count). The molecule has 3 saturated carbocycles. The third-order valence-corrected chi connectivity index (χ3v) is 6.67. The van der Waals surface area contributed by atoms with E-state index in [1.807, 2.05) is 0 Å². The maximum Gasteiger partial charge on any atom is 0.0577 e. The van der Waals surface area contributed by atoms with Crippen molar-refractivity contribution in [2.45, 2.75) is 96.5 Å². The second-order valence-corrected chi connectivity index (χ2v) is 8.24. The van der Waals surface area contributed by atoms with Crippen LogP contribution >= 0.6 is 0 Å². The van der Waals surface area contributed by atoms with Crippen LogP contribution in [0.15, 0.2) is 0 Å². The molecule has 0 aliphatic heterocycles. The lowest BCUT2D eigenvalue weighted by Gasteiger charge is -2.28. The molecule has 3 fully saturated rings. The van der Waals surface area contributed by atoms with Crippen LogP contribution in [0.5, 0.6) is 0 Å². The van der Waals surface area contributed by atoms with Gasteiger partial charge >= 0.3 is 0 Å². The van der Waals surface area contributed by atoms with Gasteiger partial charge in [0.2, 0.25) is 0 Å². The van der Waals surface area contributed by atoms with E-state index >= 15 is 0 Å². The van der Waals surface area contributed by atoms with Crippen molar-refractivity contribution >= 4 is 0 Å². The summed E-state index contributed by atoms with van der Waals surface area (Å²) in [5.41, 5.74) is 0. The van der Waals surface area contributed by atoms with E-state index in [4.69, 9.17) is 4.74 Å². The number of fused-ring (bicyclic) bond motifs is 2. The van der Waals surface area contributed by atoms with Gasteiger partial charge in [0.15, 0.2) is 0 Å². The Labute approximate surface area is 132 Å². The van der Waals surface area contributed by atoms with E-state index in [1.54, 1.807) is 6.42 Å². The topological polar surface area (TPSA) is 9.23 Å². The maximum atomic E-state index is 6.35. The Morgan fingerprint density at radius 3 is 2.52 bits per heavy atom. The Kier molecular flexibility index (Phi) is 6.03. The zero-order valence-corrected chi connectivity index (χ0v) is 14.2. The molecule has 0 aromatic carbocycles. The normalized spacial score (nSPS) is 34.4. The molecular weight excluding hydrogens is 256 g/mol. The molecule has 0 aromatic rings. The van der Waals surface area contributed by atoms with E-state index < -0.39 is 0 Å². The molecule has 3 aliphatic carbocycles. The molecule has 21 heavy (non-hydrogen) atoms. The fourth-order valence-corrected chi connectivity index (χ4v) is 5.47. The van der Waals surface area contributed by atoms with Crippen molar-refractivity contribution in [2.75, 3.05) is 6.61 Å². The zero-order valence-electron chi connectivity index (χ0n) is 14.2. The molecule has 122 valence electrons. The van der Waals surface area contributed by atoms with E-state index in [-0.39, 0.29) is 0 Å². The van der Waals surface area contributed by atoms with Gasteiger partial charge < -0.3 is 4.74 Å². The molecule has 1 nitrogen and oxygen atoms in total. The summed E-state index contributed by atoms with van der Waals surface area (Å²) < 4.78 is 6.35. The molecule has 0 spiro atoms. The van der Waals surface area contributed by atoms with Gasteiger partial charge in [0, 0.05) is 6.61 Å². The number of rotatable bonds is 8. The molecule has 0 saturated heterocycles. The predicted octanol–water partition coefficient (Wildman–Crippen LogP) is 5.97. The number of ether oxygens (including phenoxy) is 1. The Hall–Kier alpha value is -0.0400. The monoisotopic (exact) mass is 292 g/mol. The van der Waals surface area contributed by atoms with E-state index in [1.165, 1.54) is 77.0 Å². The number of hydrogen-bond donors (Lipinski definition) is 0. The minimum Gasteiger partial charge on any atom is -0.378 e. The van der Waals surface area contributed by atoms with Gasteiger partial charge in [-0.05, 0) is 62.2 Å². The second-order valence-electron chi connectivity index (χ2n) is 8.24. The van der Waals surface area contributed by atoms with Gasteiger partial charge in [0.05, 0.1) is 6.10 Å². The fraction of sp³-hybridized carbons (Fsp3) is 1.00. The smallest absolute Gasteiger partial charge is 0.0577 e. The lowest BCUT2D eigenvalue weighted by atomic mass is 9.84. The highest BCUT2D eigenvalue weighted by Crippen LogP contribution is 2.50. The van der Waals surface area contributed by atoms with Crippen molar-refractivity contribution in [3.63, 3.8) is 0 Å². The minimum atomic E-state index is 0.572. The molecule has 3 aliphatic rings.